The van der Waals surface area contributed by atoms with Crippen LogP contribution in [0.25, 0.3) is 0 Å². The largest absolute Gasteiger partial charge is 0.481 e. The summed E-state index contributed by atoms with van der Waals surface area (Å²) >= 11 is 0. The van der Waals surface area contributed by atoms with E-state index in [0.29, 0.717) is 18.8 Å². The summed E-state index contributed by atoms with van der Waals surface area (Å²) in [6.45, 7) is 3.91. The zero-order valence-corrected chi connectivity index (χ0v) is 12.5. The lowest BCUT2D eigenvalue weighted by Crippen LogP contribution is -2.36. The first-order valence-corrected chi connectivity index (χ1v) is 7.47. The quantitative estimate of drug-likeness (QED) is 0.872. The molecule has 0 spiro atoms. The van der Waals surface area contributed by atoms with Crippen LogP contribution in [0.4, 0.5) is 0 Å². The number of aromatic nitrogens is 1. The molecule has 1 aliphatic carbocycles. The SMILES string of the molecule is CCC1CC(C(=O)O)C(C(=O)N[C@@H](C)c2ccccn2)C1. The Morgan fingerprint density at radius 1 is 1.38 bits per heavy atom. The second-order valence-corrected chi connectivity index (χ2v) is 5.78. The molecule has 2 rings (SSSR count). The molecule has 1 aromatic heterocycles. The Morgan fingerprint density at radius 3 is 2.67 bits per heavy atom. The Morgan fingerprint density at radius 2 is 2.10 bits per heavy atom. The van der Waals surface area contributed by atoms with Gasteiger partial charge in [-0.15, -0.1) is 0 Å². The molecule has 1 amide bonds. The number of nitrogens with one attached hydrogen (secondary N) is 1. The van der Waals surface area contributed by atoms with Crippen LogP contribution in [0.5, 0.6) is 0 Å². The average molecular weight is 290 g/mol. The molecular formula is C16H22N2O3. The van der Waals surface area contributed by atoms with Crippen molar-refractivity contribution in [1.29, 1.82) is 0 Å². The maximum atomic E-state index is 12.4. The fraction of sp³-hybridized carbons (Fsp3) is 0.562. The van der Waals surface area contributed by atoms with Crippen molar-refractivity contribution in [2.24, 2.45) is 17.8 Å². The second-order valence-electron chi connectivity index (χ2n) is 5.78. The Balaban J connectivity index is 2.03. The van der Waals surface area contributed by atoms with Crippen LogP contribution in [0.3, 0.4) is 0 Å². The van der Waals surface area contributed by atoms with Crippen LogP contribution in [-0.4, -0.2) is 22.0 Å². The van der Waals surface area contributed by atoms with Gasteiger partial charge in [0.25, 0.3) is 0 Å². The van der Waals surface area contributed by atoms with Crippen LogP contribution < -0.4 is 5.32 Å². The maximum Gasteiger partial charge on any atom is 0.307 e. The van der Waals surface area contributed by atoms with Crippen molar-refractivity contribution in [2.45, 2.75) is 39.2 Å². The number of nitrogens with zero attached hydrogens (tertiary/aromatic N) is 1. The van der Waals surface area contributed by atoms with Crippen molar-refractivity contribution in [2.75, 3.05) is 0 Å². The Labute approximate surface area is 124 Å². The van der Waals surface area contributed by atoms with E-state index in [0.717, 1.165) is 12.1 Å². The molecule has 1 aromatic rings. The number of hydrogen-bond donors (Lipinski definition) is 2. The third kappa shape index (κ3) is 3.60. The van der Waals surface area contributed by atoms with E-state index in [4.69, 9.17) is 0 Å². The lowest BCUT2D eigenvalue weighted by atomic mass is 9.95. The summed E-state index contributed by atoms with van der Waals surface area (Å²) in [6, 6.07) is 5.33. The van der Waals surface area contributed by atoms with Gasteiger partial charge in [-0.1, -0.05) is 19.4 Å². The lowest BCUT2D eigenvalue weighted by molar-refractivity contribution is -0.146. The van der Waals surface area contributed by atoms with Crippen LogP contribution in [0, 0.1) is 17.8 Å². The molecule has 114 valence electrons. The molecule has 5 nitrogen and oxygen atoms in total. The van der Waals surface area contributed by atoms with Crippen LogP contribution in [-0.2, 0) is 9.59 Å². The molecule has 0 aromatic carbocycles. The summed E-state index contributed by atoms with van der Waals surface area (Å²) < 4.78 is 0. The van der Waals surface area contributed by atoms with Crippen molar-refractivity contribution in [3.8, 4) is 0 Å². The summed E-state index contributed by atoms with van der Waals surface area (Å²) in [5.41, 5.74) is 0.780. The van der Waals surface area contributed by atoms with Crippen molar-refractivity contribution < 1.29 is 14.7 Å². The van der Waals surface area contributed by atoms with Gasteiger partial charge in [-0.25, -0.2) is 0 Å². The monoisotopic (exact) mass is 290 g/mol. The van der Waals surface area contributed by atoms with Crippen molar-refractivity contribution in [1.82, 2.24) is 10.3 Å². The molecule has 0 bridgehead atoms. The van der Waals surface area contributed by atoms with Gasteiger partial charge in [0, 0.05) is 6.20 Å². The fourth-order valence-corrected chi connectivity index (χ4v) is 3.07. The fourth-order valence-electron chi connectivity index (χ4n) is 3.07. The highest BCUT2D eigenvalue weighted by Gasteiger charge is 2.42. The van der Waals surface area contributed by atoms with Gasteiger partial charge in [-0.3, -0.25) is 14.6 Å². The predicted octanol–water partition coefficient (Wildman–Crippen LogP) is 2.40. The summed E-state index contributed by atoms with van der Waals surface area (Å²) in [5.74, 6) is -1.70. The first-order chi connectivity index (χ1) is 10.0. The van der Waals surface area contributed by atoms with Crippen LogP contribution >= 0.6 is 0 Å². The molecule has 1 fully saturated rings. The van der Waals surface area contributed by atoms with Crippen LogP contribution in [0.1, 0.15) is 44.8 Å². The summed E-state index contributed by atoms with van der Waals surface area (Å²) in [7, 11) is 0. The smallest absolute Gasteiger partial charge is 0.307 e. The first-order valence-electron chi connectivity index (χ1n) is 7.47. The minimum atomic E-state index is -0.864. The molecule has 0 aliphatic heterocycles. The minimum absolute atomic E-state index is 0.170. The maximum absolute atomic E-state index is 12.4. The molecule has 1 aliphatic rings. The van der Waals surface area contributed by atoms with Crippen molar-refractivity contribution >= 4 is 11.9 Å². The van der Waals surface area contributed by atoms with Gasteiger partial charge in [0.05, 0.1) is 23.6 Å². The normalized spacial score (nSPS) is 26.3. The molecular weight excluding hydrogens is 268 g/mol. The van der Waals surface area contributed by atoms with Gasteiger partial charge >= 0.3 is 5.97 Å². The standard InChI is InChI=1S/C16H22N2O3/c1-3-11-8-12(13(9-11)16(20)21)15(19)18-10(2)14-6-4-5-7-17-14/h4-7,10-13H,3,8-9H2,1-2H3,(H,18,19)(H,20,21)/t10-,11?,12?,13?/m0/s1. The van der Waals surface area contributed by atoms with Gasteiger partial charge < -0.3 is 10.4 Å². The summed E-state index contributed by atoms with van der Waals surface area (Å²) in [4.78, 5) is 28.0. The molecule has 3 unspecified atom stereocenters. The molecule has 0 radical (unpaired) electrons. The number of carboxylic acids is 1. The van der Waals surface area contributed by atoms with Gasteiger partial charge in [0.1, 0.15) is 0 Å². The number of pyridine rings is 1. The van der Waals surface area contributed by atoms with Crippen LogP contribution in [0.15, 0.2) is 24.4 Å². The Bertz CT molecular complexity index is 504. The average Bonchev–Trinajstić information content (AvgIpc) is 2.92. The molecule has 5 heteroatoms. The number of aliphatic carboxylic acids is 1. The summed E-state index contributed by atoms with van der Waals surface area (Å²) in [5, 5.41) is 12.2. The van der Waals surface area contributed by atoms with E-state index in [-0.39, 0.29) is 11.9 Å². The second kappa shape index (κ2) is 6.70. The van der Waals surface area contributed by atoms with Gasteiger partial charge in [0.2, 0.25) is 5.91 Å². The molecule has 1 saturated carbocycles. The lowest BCUT2D eigenvalue weighted by Gasteiger charge is -2.19. The third-order valence-electron chi connectivity index (χ3n) is 4.38. The molecule has 0 saturated heterocycles. The Hall–Kier alpha value is -1.91. The molecule has 21 heavy (non-hydrogen) atoms. The molecule has 4 atom stereocenters. The number of hydrogen-bond acceptors (Lipinski definition) is 3. The molecule has 1 heterocycles. The number of carboxylic acid groups (broad SMARTS) is 1. The van der Waals surface area contributed by atoms with Gasteiger partial charge in [0.15, 0.2) is 0 Å². The Kier molecular flexibility index (Phi) is 4.94. The molecule has 2 N–H and O–H groups in total. The highest BCUT2D eigenvalue weighted by Crippen LogP contribution is 2.38. The zero-order valence-electron chi connectivity index (χ0n) is 12.5. The number of carbonyl (C=O) groups is 2. The zero-order chi connectivity index (χ0) is 15.4. The van der Waals surface area contributed by atoms with Gasteiger partial charge in [-0.2, -0.15) is 0 Å². The van der Waals surface area contributed by atoms with Crippen LogP contribution in [0.2, 0.25) is 0 Å². The highest BCUT2D eigenvalue weighted by molar-refractivity contribution is 5.85. The van der Waals surface area contributed by atoms with E-state index in [2.05, 4.69) is 10.3 Å². The van der Waals surface area contributed by atoms with E-state index < -0.39 is 17.8 Å². The number of rotatable bonds is 5. The number of amides is 1. The van der Waals surface area contributed by atoms with Crippen molar-refractivity contribution in [3.05, 3.63) is 30.1 Å². The van der Waals surface area contributed by atoms with E-state index in [1.807, 2.05) is 32.0 Å². The van der Waals surface area contributed by atoms with E-state index >= 15 is 0 Å². The highest BCUT2D eigenvalue weighted by atomic mass is 16.4. The van der Waals surface area contributed by atoms with E-state index in [1.54, 1.807) is 6.20 Å². The topological polar surface area (TPSA) is 79.3 Å². The summed E-state index contributed by atoms with van der Waals surface area (Å²) in [6.07, 6.45) is 3.86. The number of carbonyl (C=O) groups excluding carboxylic acids is 1. The van der Waals surface area contributed by atoms with E-state index in [1.165, 1.54) is 0 Å². The van der Waals surface area contributed by atoms with Crippen molar-refractivity contribution in [3.63, 3.8) is 0 Å². The minimum Gasteiger partial charge on any atom is -0.481 e. The third-order valence-corrected chi connectivity index (χ3v) is 4.38. The van der Waals surface area contributed by atoms with E-state index in [9.17, 15) is 14.7 Å². The first kappa shape index (κ1) is 15.5. The predicted molar refractivity (Wildman–Crippen MR) is 78.4 cm³/mol. The van der Waals surface area contributed by atoms with Gasteiger partial charge in [-0.05, 0) is 37.8 Å².